The number of aryl methyl sites for hydroxylation is 1. The fourth-order valence-electron chi connectivity index (χ4n) is 2.01. The summed E-state index contributed by atoms with van der Waals surface area (Å²) >= 11 is 0. The van der Waals surface area contributed by atoms with Crippen LogP contribution in [0.3, 0.4) is 0 Å². The lowest BCUT2D eigenvalue weighted by Crippen LogP contribution is -2.10. The Morgan fingerprint density at radius 1 is 1.33 bits per heavy atom. The van der Waals surface area contributed by atoms with Crippen molar-refractivity contribution in [2.75, 3.05) is 7.05 Å². The van der Waals surface area contributed by atoms with Gasteiger partial charge in [0.25, 0.3) is 0 Å². The molecule has 0 saturated heterocycles. The first kappa shape index (κ1) is 12.7. The highest BCUT2D eigenvalue weighted by atomic mass is 19.1. The van der Waals surface area contributed by atoms with E-state index in [1.54, 1.807) is 11.7 Å². The molecule has 0 unspecified atom stereocenters. The van der Waals surface area contributed by atoms with Crippen molar-refractivity contribution < 1.29 is 8.78 Å². The second-order valence-corrected chi connectivity index (χ2v) is 4.20. The fraction of sp³-hybridized carbons (Fsp3) is 0.308. The molecule has 0 aliphatic heterocycles. The first-order valence-electron chi connectivity index (χ1n) is 5.67. The maximum atomic E-state index is 13.7. The van der Waals surface area contributed by atoms with Crippen LogP contribution in [0.1, 0.15) is 11.3 Å². The minimum Gasteiger partial charge on any atom is -0.314 e. The maximum Gasteiger partial charge on any atom is 0.132 e. The van der Waals surface area contributed by atoms with E-state index in [-0.39, 0.29) is 5.56 Å². The van der Waals surface area contributed by atoms with Crippen LogP contribution in [0.4, 0.5) is 8.78 Å². The standard InChI is InChI=1S/C13H15F2N3/c1-8-12(7-16-2)18(3)17-13(8)10-6-9(14)4-5-11(10)15/h4-6,16H,7H2,1-3H3. The van der Waals surface area contributed by atoms with Gasteiger partial charge < -0.3 is 5.32 Å². The van der Waals surface area contributed by atoms with E-state index in [1.165, 1.54) is 6.07 Å². The zero-order valence-electron chi connectivity index (χ0n) is 10.6. The number of halogens is 2. The van der Waals surface area contributed by atoms with E-state index in [1.807, 2.05) is 14.0 Å². The van der Waals surface area contributed by atoms with Gasteiger partial charge in [-0.3, -0.25) is 4.68 Å². The van der Waals surface area contributed by atoms with Crippen LogP contribution in [0, 0.1) is 18.6 Å². The lowest BCUT2D eigenvalue weighted by Gasteiger charge is -2.02. The van der Waals surface area contributed by atoms with Gasteiger partial charge in [0.1, 0.15) is 11.6 Å². The van der Waals surface area contributed by atoms with Crippen LogP contribution in [0.2, 0.25) is 0 Å². The number of hydrogen-bond acceptors (Lipinski definition) is 2. The molecule has 5 heteroatoms. The zero-order valence-corrected chi connectivity index (χ0v) is 10.6. The Bertz CT molecular complexity index is 576. The maximum absolute atomic E-state index is 13.7. The van der Waals surface area contributed by atoms with Crippen molar-refractivity contribution in [1.82, 2.24) is 15.1 Å². The van der Waals surface area contributed by atoms with Gasteiger partial charge in [-0.1, -0.05) is 0 Å². The van der Waals surface area contributed by atoms with E-state index in [0.717, 1.165) is 23.4 Å². The Morgan fingerprint density at radius 3 is 2.72 bits per heavy atom. The summed E-state index contributed by atoms with van der Waals surface area (Å²) in [7, 11) is 3.62. The molecule has 0 amide bonds. The SMILES string of the molecule is CNCc1c(C)c(-c2cc(F)ccc2F)nn1C. The van der Waals surface area contributed by atoms with Gasteiger partial charge in [-0.05, 0) is 37.7 Å². The lowest BCUT2D eigenvalue weighted by atomic mass is 10.1. The Kier molecular flexibility index (Phi) is 3.43. The normalized spacial score (nSPS) is 10.9. The molecule has 3 nitrogen and oxygen atoms in total. The molecule has 18 heavy (non-hydrogen) atoms. The molecule has 0 spiro atoms. The van der Waals surface area contributed by atoms with E-state index < -0.39 is 11.6 Å². The van der Waals surface area contributed by atoms with Gasteiger partial charge in [-0.25, -0.2) is 8.78 Å². The second kappa shape index (κ2) is 4.86. The number of nitrogens with zero attached hydrogens (tertiary/aromatic N) is 2. The number of hydrogen-bond donors (Lipinski definition) is 1. The minimum atomic E-state index is -0.466. The first-order chi connectivity index (χ1) is 8.54. The largest absolute Gasteiger partial charge is 0.314 e. The summed E-state index contributed by atoms with van der Waals surface area (Å²) < 4.78 is 28.6. The smallest absolute Gasteiger partial charge is 0.132 e. The molecular weight excluding hydrogens is 236 g/mol. The molecule has 0 aliphatic rings. The predicted molar refractivity (Wildman–Crippen MR) is 66.1 cm³/mol. The second-order valence-electron chi connectivity index (χ2n) is 4.20. The van der Waals surface area contributed by atoms with Crippen LogP contribution in [0.5, 0.6) is 0 Å². The van der Waals surface area contributed by atoms with E-state index in [9.17, 15) is 8.78 Å². The topological polar surface area (TPSA) is 29.9 Å². The molecule has 2 aromatic rings. The summed E-state index contributed by atoms with van der Waals surface area (Å²) in [5, 5.41) is 7.30. The molecule has 0 fully saturated rings. The van der Waals surface area contributed by atoms with Gasteiger partial charge in [-0.15, -0.1) is 0 Å². The average Bonchev–Trinajstić information content (AvgIpc) is 2.61. The van der Waals surface area contributed by atoms with Gasteiger partial charge in [0.15, 0.2) is 0 Å². The first-order valence-corrected chi connectivity index (χ1v) is 5.67. The average molecular weight is 251 g/mol. The van der Waals surface area contributed by atoms with Crippen molar-refractivity contribution in [2.45, 2.75) is 13.5 Å². The molecule has 0 saturated carbocycles. The molecule has 0 atom stereocenters. The third kappa shape index (κ3) is 2.13. The van der Waals surface area contributed by atoms with Gasteiger partial charge in [-0.2, -0.15) is 5.10 Å². The van der Waals surface area contributed by atoms with E-state index >= 15 is 0 Å². The monoisotopic (exact) mass is 251 g/mol. The summed E-state index contributed by atoms with van der Waals surface area (Å²) in [4.78, 5) is 0. The lowest BCUT2D eigenvalue weighted by molar-refractivity contribution is 0.602. The molecule has 0 radical (unpaired) electrons. The van der Waals surface area contributed by atoms with Crippen LogP contribution >= 0.6 is 0 Å². The van der Waals surface area contributed by atoms with Crippen molar-refractivity contribution >= 4 is 0 Å². The van der Waals surface area contributed by atoms with Crippen LogP contribution in [-0.2, 0) is 13.6 Å². The Balaban J connectivity index is 2.57. The van der Waals surface area contributed by atoms with Crippen molar-refractivity contribution in [3.63, 3.8) is 0 Å². The van der Waals surface area contributed by atoms with Gasteiger partial charge in [0, 0.05) is 19.2 Å². The van der Waals surface area contributed by atoms with Gasteiger partial charge >= 0.3 is 0 Å². The zero-order chi connectivity index (χ0) is 13.3. The van der Waals surface area contributed by atoms with Crippen molar-refractivity contribution in [2.24, 2.45) is 7.05 Å². The molecule has 1 heterocycles. The molecule has 1 N–H and O–H groups in total. The Morgan fingerprint density at radius 2 is 2.06 bits per heavy atom. The predicted octanol–water partition coefficient (Wildman–Crippen LogP) is 2.39. The highest BCUT2D eigenvalue weighted by Gasteiger charge is 2.16. The minimum absolute atomic E-state index is 0.199. The summed E-state index contributed by atoms with van der Waals surface area (Å²) in [6.07, 6.45) is 0. The highest BCUT2D eigenvalue weighted by molar-refractivity contribution is 5.64. The summed E-state index contributed by atoms with van der Waals surface area (Å²) in [5.74, 6) is -0.930. The number of rotatable bonds is 3. The van der Waals surface area contributed by atoms with Crippen LogP contribution in [0.25, 0.3) is 11.3 Å². The third-order valence-corrected chi connectivity index (χ3v) is 2.96. The van der Waals surface area contributed by atoms with Gasteiger partial charge in [0.2, 0.25) is 0 Å². The van der Waals surface area contributed by atoms with E-state index in [4.69, 9.17) is 0 Å². The molecule has 96 valence electrons. The number of nitrogens with one attached hydrogen (secondary N) is 1. The summed E-state index contributed by atoms with van der Waals surface area (Å²) in [6, 6.07) is 3.40. The summed E-state index contributed by atoms with van der Waals surface area (Å²) in [5.41, 5.74) is 2.50. The van der Waals surface area contributed by atoms with Crippen LogP contribution in [0.15, 0.2) is 18.2 Å². The third-order valence-electron chi connectivity index (χ3n) is 2.96. The van der Waals surface area contributed by atoms with Crippen molar-refractivity contribution in [3.05, 3.63) is 41.1 Å². The van der Waals surface area contributed by atoms with Crippen LogP contribution in [-0.4, -0.2) is 16.8 Å². The fourth-order valence-corrected chi connectivity index (χ4v) is 2.01. The van der Waals surface area contributed by atoms with E-state index in [2.05, 4.69) is 10.4 Å². The van der Waals surface area contributed by atoms with Crippen LogP contribution < -0.4 is 5.32 Å². The molecule has 1 aromatic carbocycles. The number of aromatic nitrogens is 2. The molecular formula is C13H15F2N3. The molecule has 0 aliphatic carbocycles. The van der Waals surface area contributed by atoms with Crippen molar-refractivity contribution in [3.8, 4) is 11.3 Å². The highest BCUT2D eigenvalue weighted by Crippen LogP contribution is 2.27. The van der Waals surface area contributed by atoms with Crippen molar-refractivity contribution in [1.29, 1.82) is 0 Å². The molecule has 2 rings (SSSR count). The van der Waals surface area contributed by atoms with E-state index in [0.29, 0.717) is 12.2 Å². The molecule has 1 aromatic heterocycles. The van der Waals surface area contributed by atoms with Gasteiger partial charge in [0.05, 0.1) is 11.4 Å². The Labute approximate surface area is 104 Å². The number of benzene rings is 1. The summed E-state index contributed by atoms with van der Waals surface area (Å²) in [6.45, 7) is 2.49. The Hall–Kier alpha value is -1.75. The molecule has 0 bridgehead atoms. The quantitative estimate of drug-likeness (QED) is 0.907.